The van der Waals surface area contributed by atoms with E-state index >= 15 is 0 Å². The third kappa shape index (κ3) is 3.80. The molecule has 0 fully saturated rings. The standard InChI is InChI=1S/C19H13Cl3O2S/c20-10-4-6-12(14(8-10)19(24)25)13-2-1-3-17(23)18(13)15-9-11(21)5-7-16(15)22/h4-9H,1-3H2,(H,24,25). The Morgan fingerprint density at radius 2 is 1.60 bits per heavy atom. The van der Waals surface area contributed by atoms with Gasteiger partial charge in [0.05, 0.1) is 0 Å². The van der Waals surface area contributed by atoms with Crippen LogP contribution in [-0.4, -0.2) is 10.9 Å². The summed E-state index contributed by atoms with van der Waals surface area (Å²) in [5.74, 6) is -0.0158. The molecule has 0 saturated carbocycles. The zero-order valence-electron chi connectivity index (χ0n) is 13.0. The zero-order valence-corrected chi connectivity index (χ0v) is 16.1. The average molecular weight is 412 g/mol. The molecule has 0 atom stereocenters. The Hall–Kier alpha value is -1.26. The van der Waals surface area contributed by atoms with Crippen LogP contribution in [-0.2, 0) is 4.79 Å². The minimum absolute atomic E-state index is 0.0158. The van der Waals surface area contributed by atoms with E-state index in [-0.39, 0.29) is 5.78 Å². The van der Waals surface area contributed by atoms with Crippen LogP contribution in [0.1, 0.15) is 40.7 Å². The van der Waals surface area contributed by atoms with Gasteiger partial charge in [-0.15, -0.1) is 12.6 Å². The van der Waals surface area contributed by atoms with Crippen molar-refractivity contribution in [3.8, 4) is 0 Å². The van der Waals surface area contributed by atoms with Crippen LogP contribution in [0.5, 0.6) is 0 Å². The number of rotatable bonds is 3. The number of thiol groups is 1. The third-order valence-corrected chi connectivity index (χ3v) is 5.19. The van der Waals surface area contributed by atoms with E-state index in [4.69, 9.17) is 34.8 Å². The number of halogens is 3. The SMILES string of the molecule is O=C1CCCC(c2ccc(Cl)cc2C(=O)S)=C1c1cc(Cl)ccc1Cl. The maximum atomic E-state index is 12.7. The minimum atomic E-state index is -0.403. The summed E-state index contributed by atoms with van der Waals surface area (Å²) in [4.78, 5) is 24.7. The lowest BCUT2D eigenvalue weighted by Gasteiger charge is -2.22. The van der Waals surface area contributed by atoms with Crippen molar-refractivity contribution in [2.45, 2.75) is 19.3 Å². The molecule has 0 spiro atoms. The number of Topliss-reactive ketones (excluding diaryl/α,β-unsaturated/α-hetero) is 1. The van der Waals surface area contributed by atoms with Gasteiger partial charge in [0.25, 0.3) is 0 Å². The summed E-state index contributed by atoms with van der Waals surface area (Å²) in [6, 6.07) is 10.0. The number of hydrogen-bond acceptors (Lipinski definition) is 2. The Kier molecular flexibility index (Phi) is 5.59. The molecule has 128 valence electrons. The maximum absolute atomic E-state index is 12.7. The summed E-state index contributed by atoms with van der Waals surface area (Å²) in [6.07, 6.45) is 1.79. The first-order chi connectivity index (χ1) is 11.9. The van der Waals surface area contributed by atoms with Crippen LogP contribution < -0.4 is 0 Å². The fraction of sp³-hybridized carbons (Fsp3) is 0.158. The first-order valence-corrected chi connectivity index (χ1v) is 9.21. The monoisotopic (exact) mass is 410 g/mol. The van der Waals surface area contributed by atoms with Crippen LogP contribution in [0.15, 0.2) is 36.4 Å². The maximum Gasteiger partial charge on any atom is 0.216 e. The number of carbonyl (C=O) groups is 2. The van der Waals surface area contributed by atoms with Crippen molar-refractivity contribution in [1.29, 1.82) is 0 Å². The fourth-order valence-electron chi connectivity index (χ4n) is 3.07. The molecule has 25 heavy (non-hydrogen) atoms. The Bertz CT molecular complexity index is 919. The second-order valence-electron chi connectivity index (χ2n) is 5.75. The third-order valence-electron chi connectivity index (χ3n) is 4.15. The Morgan fingerprint density at radius 3 is 2.32 bits per heavy atom. The summed E-state index contributed by atoms with van der Waals surface area (Å²) in [7, 11) is 0. The van der Waals surface area contributed by atoms with E-state index < -0.39 is 5.12 Å². The number of allylic oxidation sites excluding steroid dienone is 2. The van der Waals surface area contributed by atoms with Crippen LogP contribution in [0.2, 0.25) is 15.1 Å². The van der Waals surface area contributed by atoms with Crippen LogP contribution >= 0.6 is 47.4 Å². The van der Waals surface area contributed by atoms with Gasteiger partial charge in [-0.1, -0.05) is 40.9 Å². The molecule has 0 aromatic heterocycles. The molecule has 6 heteroatoms. The largest absolute Gasteiger partial charge is 0.294 e. The lowest BCUT2D eigenvalue weighted by atomic mass is 9.82. The highest BCUT2D eigenvalue weighted by molar-refractivity contribution is 7.97. The number of carbonyl (C=O) groups excluding carboxylic acids is 2. The summed E-state index contributed by atoms with van der Waals surface area (Å²) in [6.45, 7) is 0. The molecule has 2 aromatic rings. The molecule has 0 amide bonds. The van der Waals surface area contributed by atoms with Gasteiger partial charge in [0.15, 0.2) is 5.78 Å². The van der Waals surface area contributed by atoms with Crippen molar-refractivity contribution in [3.63, 3.8) is 0 Å². The van der Waals surface area contributed by atoms with E-state index in [0.717, 1.165) is 5.57 Å². The van der Waals surface area contributed by atoms with Crippen molar-refractivity contribution in [2.24, 2.45) is 0 Å². The quantitative estimate of drug-likeness (QED) is 0.594. The lowest BCUT2D eigenvalue weighted by Crippen LogP contribution is -2.12. The molecule has 0 saturated heterocycles. The van der Waals surface area contributed by atoms with Crippen molar-refractivity contribution in [2.75, 3.05) is 0 Å². The van der Waals surface area contributed by atoms with Crippen LogP contribution in [0.4, 0.5) is 0 Å². The first kappa shape index (κ1) is 18.5. The molecule has 2 aromatic carbocycles. The number of hydrogen-bond donors (Lipinski definition) is 1. The van der Waals surface area contributed by atoms with Crippen molar-refractivity contribution in [3.05, 3.63) is 68.2 Å². The zero-order chi connectivity index (χ0) is 18.1. The molecular formula is C19H13Cl3O2S. The highest BCUT2D eigenvalue weighted by Crippen LogP contribution is 2.41. The first-order valence-electron chi connectivity index (χ1n) is 7.63. The van der Waals surface area contributed by atoms with Crippen molar-refractivity contribution < 1.29 is 9.59 Å². The molecular weight excluding hydrogens is 399 g/mol. The van der Waals surface area contributed by atoms with Crippen LogP contribution in [0.3, 0.4) is 0 Å². The van der Waals surface area contributed by atoms with E-state index in [1.165, 1.54) is 0 Å². The predicted octanol–water partition coefficient (Wildman–Crippen LogP) is 6.38. The summed E-state index contributed by atoms with van der Waals surface area (Å²) >= 11 is 22.4. The predicted molar refractivity (Wildman–Crippen MR) is 107 cm³/mol. The van der Waals surface area contributed by atoms with Gasteiger partial charge in [-0.05, 0) is 54.3 Å². The molecule has 0 aliphatic heterocycles. The topological polar surface area (TPSA) is 34.1 Å². The van der Waals surface area contributed by atoms with Gasteiger partial charge < -0.3 is 0 Å². The van der Waals surface area contributed by atoms with Gasteiger partial charge in [-0.25, -0.2) is 0 Å². The van der Waals surface area contributed by atoms with E-state index in [9.17, 15) is 9.59 Å². The van der Waals surface area contributed by atoms with Crippen LogP contribution in [0.25, 0.3) is 11.1 Å². The summed E-state index contributed by atoms with van der Waals surface area (Å²) < 4.78 is 0. The molecule has 3 rings (SSSR count). The van der Waals surface area contributed by atoms with E-state index in [2.05, 4.69) is 12.6 Å². The smallest absolute Gasteiger partial charge is 0.216 e. The normalized spacial score (nSPS) is 14.8. The molecule has 1 aliphatic rings. The highest BCUT2D eigenvalue weighted by atomic mass is 35.5. The lowest BCUT2D eigenvalue weighted by molar-refractivity contribution is -0.114. The van der Waals surface area contributed by atoms with Gasteiger partial charge in [-0.2, -0.15) is 0 Å². The Morgan fingerprint density at radius 1 is 0.920 bits per heavy atom. The summed E-state index contributed by atoms with van der Waals surface area (Å²) in [5.41, 5.74) is 2.90. The van der Waals surface area contributed by atoms with Crippen molar-refractivity contribution in [1.82, 2.24) is 0 Å². The number of ketones is 1. The fourth-order valence-corrected chi connectivity index (χ4v) is 3.81. The minimum Gasteiger partial charge on any atom is -0.294 e. The van der Waals surface area contributed by atoms with Crippen LogP contribution in [0, 0.1) is 0 Å². The molecule has 0 radical (unpaired) electrons. The second-order valence-corrected chi connectivity index (χ2v) is 7.44. The molecule has 0 unspecified atom stereocenters. The van der Waals surface area contributed by atoms with Gasteiger partial charge >= 0.3 is 0 Å². The van der Waals surface area contributed by atoms with Gasteiger partial charge in [0, 0.05) is 38.2 Å². The van der Waals surface area contributed by atoms with E-state index in [1.807, 2.05) is 0 Å². The second kappa shape index (κ2) is 7.55. The highest BCUT2D eigenvalue weighted by Gasteiger charge is 2.26. The number of benzene rings is 2. The summed E-state index contributed by atoms with van der Waals surface area (Å²) in [5, 5.41) is 0.969. The Labute approximate surface area is 166 Å². The molecule has 1 aliphatic carbocycles. The van der Waals surface area contributed by atoms with Crippen molar-refractivity contribution >= 4 is 69.5 Å². The van der Waals surface area contributed by atoms with Gasteiger partial charge in [-0.3, -0.25) is 9.59 Å². The molecule has 2 nitrogen and oxygen atoms in total. The van der Waals surface area contributed by atoms with E-state index in [1.54, 1.807) is 36.4 Å². The van der Waals surface area contributed by atoms with E-state index in [0.29, 0.717) is 56.6 Å². The molecule has 0 bridgehead atoms. The molecule has 0 heterocycles. The van der Waals surface area contributed by atoms with Gasteiger partial charge in [0.2, 0.25) is 5.12 Å². The Balaban J connectivity index is 2.32. The van der Waals surface area contributed by atoms with Gasteiger partial charge in [0.1, 0.15) is 0 Å². The molecule has 0 N–H and O–H groups in total. The average Bonchev–Trinajstić information content (AvgIpc) is 2.57.